The second-order valence-electron chi connectivity index (χ2n) is 2.91. The summed E-state index contributed by atoms with van der Waals surface area (Å²) >= 11 is 0. The number of ether oxygens (including phenoxy) is 2. The van der Waals surface area contributed by atoms with Crippen LogP contribution >= 0.6 is 0 Å². The summed E-state index contributed by atoms with van der Waals surface area (Å²) in [6.45, 7) is 8.40. The summed E-state index contributed by atoms with van der Waals surface area (Å²) in [5, 5.41) is 0. The predicted molar refractivity (Wildman–Crippen MR) is 59.7 cm³/mol. The Morgan fingerprint density at radius 3 is 2.33 bits per heavy atom. The van der Waals surface area contributed by atoms with Crippen LogP contribution in [0.1, 0.15) is 13.8 Å². The van der Waals surface area contributed by atoms with Crippen LogP contribution in [0.2, 0.25) is 0 Å². The highest BCUT2D eigenvalue weighted by Crippen LogP contribution is 1.92. The van der Waals surface area contributed by atoms with Crippen molar-refractivity contribution in [2.75, 3.05) is 13.2 Å². The molecule has 0 aromatic carbocycles. The van der Waals surface area contributed by atoms with E-state index in [0.29, 0.717) is 13.2 Å². The summed E-state index contributed by atoms with van der Waals surface area (Å²) in [5.74, 6) is 1.33. The first-order valence-corrected chi connectivity index (χ1v) is 4.59. The van der Waals surface area contributed by atoms with Gasteiger partial charge in [-0.05, 0) is 13.8 Å². The Labute approximate surface area is 90.7 Å². The lowest BCUT2D eigenvalue weighted by atomic mass is 10.4. The van der Waals surface area contributed by atoms with Crippen molar-refractivity contribution in [2.45, 2.75) is 26.0 Å². The molecule has 0 saturated heterocycles. The SMILES string of the molecule is C=COC(C)COCC(C)N.NC=C=O. The van der Waals surface area contributed by atoms with Gasteiger partial charge in [0.25, 0.3) is 0 Å². The van der Waals surface area contributed by atoms with Crippen LogP contribution < -0.4 is 11.5 Å². The van der Waals surface area contributed by atoms with Gasteiger partial charge in [0.2, 0.25) is 0 Å². The highest BCUT2D eigenvalue weighted by molar-refractivity contribution is 5.43. The molecule has 0 aliphatic heterocycles. The normalized spacial score (nSPS) is 12.5. The summed E-state index contributed by atoms with van der Waals surface area (Å²) in [4.78, 5) is 8.87. The quantitative estimate of drug-likeness (QED) is 0.489. The molecule has 0 bridgehead atoms. The maximum atomic E-state index is 8.87. The van der Waals surface area contributed by atoms with E-state index < -0.39 is 0 Å². The van der Waals surface area contributed by atoms with Crippen LogP contribution in [0.3, 0.4) is 0 Å². The second kappa shape index (κ2) is 12.7. The van der Waals surface area contributed by atoms with E-state index >= 15 is 0 Å². The van der Waals surface area contributed by atoms with Crippen LogP contribution in [0.5, 0.6) is 0 Å². The molecule has 0 aromatic rings. The van der Waals surface area contributed by atoms with Crippen LogP contribution in [-0.4, -0.2) is 31.3 Å². The molecule has 0 spiro atoms. The second-order valence-corrected chi connectivity index (χ2v) is 2.91. The lowest BCUT2D eigenvalue weighted by Crippen LogP contribution is -2.24. The van der Waals surface area contributed by atoms with Gasteiger partial charge in [-0.1, -0.05) is 6.58 Å². The summed E-state index contributed by atoms with van der Waals surface area (Å²) in [5.41, 5.74) is 9.95. The Hall–Kier alpha value is -1.29. The molecule has 88 valence electrons. The van der Waals surface area contributed by atoms with Crippen molar-refractivity contribution >= 4 is 5.94 Å². The fourth-order valence-electron chi connectivity index (χ4n) is 0.623. The van der Waals surface area contributed by atoms with Crippen LogP contribution in [0.4, 0.5) is 0 Å². The minimum absolute atomic E-state index is 0.0613. The maximum absolute atomic E-state index is 8.87. The van der Waals surface area contributed by atoms with Crippen molar-refractivity contribution in [3.63, 3.8) is 0 Å². The molecule has 0 aliphatic rings. The molecule has 0 aliphatic carbocycles. The summed E-state index contributed by atoms with van der Waals surface area (Å²) in [6.07, 6.45) is 2.30. The fraction of sp³-hybridized carbons (Fsp3) is 0.600. The molecule has 2 atom stereocenters. The molecule has 0 amide bonds. The molecule has 5 heteroatoms. The third kappa shape index (κ3) is 19.2. The van der Waals surface area contributed by atoms with Gasteiger partial charge in [0.1, 0.15) is 12.0 Å². The van der Waals surface area contributed by atoms with Gasteiger partial charge in [-0.2, -0.15) is 0 Å². The van der Waals surface area contributed by atoms with Gasteiger partial charge in [0, 0.05) is 6.04 Å². The molecule has 0 radical (unpaired) electrons. The predicted octanol–water partition coefficient (Wildman–Crippen LogP) is 0.189. The van der Waals surface area contributed by atoms with E-state index in [1.807, 2.05) is 13.8 Å². The molecule has 15 heavy (non-hydrogen) atoms. The van der Waals surface area contributed by atoms with Crippen molar-refractivity contribution in [1.29, 1.82) is 0 Å². The largest absolute Gasteiger partial charge is 0.497 e. The molecule has 4 N–H and O–H groups in total. The monoisotopic (exact) mass is 216 g/mol. The van der Waals surface area contributed by atoms with Gasteiger partial charge in [0.05, 0.1) is 25.7 Å². The topological polar surface area (TPSA) is 87.6 Å². The Morgan fingerprint density at radius 2 is 2.00 bits per heavy atom. The summed E-state index contributed by atoms with van der Waals surface area (Å²) in [6, 6.07) is 0.0888. The van der Waals surface area contributed by atoms with Crippen molar-refractivity contribution in [1.82, 2.24) is 0 Å². The minimum Gasteiger partial charge on any atom is -0.497 e. The van der Waals surface area contributed by atoms with Crippen LogP contribution in [-0.2, 0) is 14.3 Å². The van der Waals surface area contributed by atoms with E-state index in [4.69, 9.17) is 20.0 Å². The number of hydrogen-bond acceptors (Lipinski definition) is 5. The summed E-state index contributed by atoms with van der Waals surface area (Å²) in [7, 11) is 0. The third-order valence-electron chi connectivity index (χ3n) is 1.13. The average molecular weight is 216 g/mol. The third-order valence-corrected chi connectivity index (χ3v) is 1.13. The van der Waals surface area contributed by atoms with Crippen LogP contribution in [0.25, 0.3) is 0 Å². The van der Waals surface area contributed by atoms with E-state index in [-0.39, 0.29) is 12.1 Å². The average Bonchev–Trinajstić information content (AvgIpc) is 2.18. The zero-order valence-corrected chi connectivity index (χ0v) is 9.31. The molecule has 0 saturated carbocycles. The van der Waals surface area contributed by atoms with Crippen molar-refractivity contribution in [2.24, 2.45) is 11.5 Å². The first-order chi connectivity index (χ1) is 7.08. The zero-order valence-electron chi connectivity index (χ0n) is 9.31. The van der Waals surface area contributed by atoms with Gasteiger partial charge >= 0.3 is 0 Å². The van der Waals surface area contributed by atoms with E-state index in [9.17, 15) is 0 Å². The molecule has 0 rings (SSSR count). The lowest BCUT2D eigenvalue weighted by Gasteiger charge is -2.12. The highest BCUT2D eigenvalue weighted by Gasteiger charge is 2.00. The summed E-state index contributed by atoms with van der Waals surface area (Å²) < 4.78 is 10.2. The lowest BCUT2D eigenvalue weighted by molar-refractivity contribution is 0.0332. The molecular weight excluding hydrogens is 196 g/mol. The Kier molecular flexibility index (Phi) is 13.7. The van der Waals surface area contributed by atoms with E-state index in [1.54, 1.807) is 0 Å². The standard InChI is InChI=1S/C8H17NO2.C2H3NO/c1-4-11-8(3)6-10-5-7(2)9;3-1-2-4/h4,7-8H,1,5-6,9H2,2-3H3;1H,3H2. The van der Waals surface area contributed by atoms with Crippen molar-refractivity contribution < 1.29 is 14.3 Å². The molecule has 0 aromatic heterocycles. The van der Waals surface area contributed by atoms with Gasteiger partial charge in [0.15, 0.2) is 0 Å². The Morgan fingerprint density at radius 1 is 1.47 bits per heavy atom. The van der Waals surface area contributed by atoms with E-state index in [1.165, 1.54) is 12.2 Å². The number of nitrogens with two attached hydrogens (primary N) is 2. The van der Waals surface area contributed by atoms with Crippen molar-refractivity contribution in [3.8, 4) is 0 Å². The van der Waals surface area contributed by atoms with Gasteiger partial charge in [-0.3, -0.25) is 0 Å². The zero-order chi connectivity index (χ0) is 12.1. The van der Waals surface area contributed by atoms with E-state index in [2.05, 4.69) is 12.3 Å². The fourth-order valence-corrected chi connectivity index (χ4v) is 0.623. The molecular formula is C10H20N2O3. The van der Waals surface area contributed by atoms with Crippen molar-refractivity contribution in [3.05, 3.63) is 19.0 Å². The van der Waals surface area contributed by atoms with Gasteiger partial charge < -0.3 is 20.9 Å². The Balaban J connectivity index is 0. The number of hydrogen-bond donors (Lipinski definition) is 2. The first kappa shape index (κ1) is 16.2. The molecule has 0 fully saturated rings. The smallest absolute Gasteiger partial charge is 0.141 e. The van der Waals surface area contributed by atoms with Gasteiger partial charge in [-0.15, -0.1) is 0 Å². The maximum Gasteiger partial charge on any atom is 0.141 e. The van der Waals surface area contributed by atoms with E-state index in [0.717, 1.165) is 6.20 Å². The first-order valence-electron chi connectivity index (χ1n) is 4.59. The Bertz CT molecular complexity index is 189. The molecule has 5 nitrogen and oxygen atoms in total. The molecule has 0 heterocycles. The van der Waals surface area contributed by atoms with Crippen LogP contribution in [0, 0.1) is 0 Å². The highest BCUT2D eigenvalue weighted by atomic mass is 16.5. The molecule has 2 unspecified atom stereocenters. The van der Waals surface area contributed by atoms with Gasteiger partial charge in [-0.25, -0.2) is 4.79 Å². The number of rotatable bonds is 6. The van der Waals surface area contributed by atoms with Crippen LogP contribution in [0.15, 0.2) is 19.0 Å². The number of carbonyl (C=O) groups excluding carboxylic acids is 1. The minimum atomic E-state index is 0.0613.